The summed E-state index contributed by atoms with van der Waals surface area (Å²) in [6.45, 7) is 7.46. The molecular formula is C12H18N2O2S. The van der Waals surface area contributed by atoms with Crippen molar-refractivity contribution >= 4 is 22.8 Å². The fourth-order valence-corrected chi connectivity index (χ4v) is 2.90. The zero-order valence-corrected chi connectivity index (χ0v) is 11.1. The highest BCUT2D eigenvalue weighted by Crippen LogP contribution is 2.31. The fraction of sp³-hybridized carbons (Fsp3) is 0.667. The zero-order chi connectivity index (χ0) is 12.3. The van der Waals surface area contributed by atoms with Crippen LogP contribution in [0.15, 0.2) is 0 Å². The number of anilines is 1. The van der Waals surface area contributed by atoms with E-state index in [1.165, 1.54) is 11.3 Å². The highest BCUT2D eigenvalue weighted by atomic mass is 32.1. The molecule has 94 valence electrons. The molecule has 1 saturated heterocycles. The monoisotopic (exact) mass is 254 g/mol. The van der Waals surface area contributed by atoms with Crippen molar-refractivity contribution in [3.63, 3.8) is 0 Å². The highest BCUT2D eigenvalue weighted by Gasteiger charge is 2.20. The Labute approximate surface area is 106 Å². The molecule has 17 heavy (non-hydrogen) atoms. The smallest absolute Gasteiger partial charge is 0.186 e. The molecule has 0 aliphatic carbocycles. The van der Waals surface area contributed by atoms with Gasteiger partial charge in [-0.2, -0.15) is 0 Å². The minimum Gasteiger partial charge on any atom is -0.378 e. The first-order chi connectivity index (χ1) is 8.26. The van der Waals surface area contributed by atoms with Gasteiger partial charge >= 0.3 is 0 Å². The topological polar surface area (TPSA) is 42.4 Å². The van der Waals surface area contributed by atoms with Gasteiger partial charge in [-0.05, 0) is 12.3 Å². The number of thiazole rings is 1. The lowest BCUT2D eigenvalue weighted by molar-refractivity contribution is 0.112. The number of aldehydes is 1. The minimum absolute atomic E-state index is 0.348. The van der Waals surface area contributed by atoms with Crippen molar-refractivity contribution < 1.29 is 9.53 Å². The summed E-state index contributed by atoms with van der Waals surface area (Å²) in [5, 5.41) is 0.964. The predicted octanol–water partition coefficient (Wildman–Crippen LogP) is 2.31. The third-order valence-electron chi connectivity index (χ3n) is 3.14. The molecule has 0 amide bonds. The molecule has 1 aliphatic rings. The molecule has 0 spiro atoms. The van der Waals surface area contributed by atoms with Gasteiger partial charge in [0.05, 0.1) is 23.8 Å². The molecule has 5 heteroatoms. The van der Waals surface area contributed by atoms with Crippen LogP contribution in [-0.2, 0) is 4.74 Å². The number of ether oxygens (including phenoxy) is 1. The van der Waals surface area contributed by atoms with E-state index >= 15 is 0 Å². The van der Waals surface area contributed by atoms with Gasteiger partial charge in [0.2, 0.25) is 0 Å². The molecule has 4 nitrogen and oxygen atoms in total. The third kappa shape index (κ3) is 2.66. The molecule has 1 atom stereocenters. The average molecular weight is 254 g/mol. The van der Waals surface area contributed by atoms with Gasteiger partial charge in [0.25, 0.3) is 0 Å². The van der Waals surface area contributed by atoms with Gasteiger partial charge in [-0.1, -0.05) is 25.2 Å². The summed E-state index contributed by atoms with van der Waals surface area (Å²) < 4.78 is 5.32. The van der Waals surface area contributed by atoms with E-state index in [9.17, 15) is 4.79 Å². The molecule has 0 bridgehead atoms. The van der Waals surface area contributed by atoms with E-state index in [0.29, 0.717) is 5.92 Å². The Morgan fingerprint density at radius 2 is 2.24 bits per heavy atom. The number of nitrogens with zero attached hydrogens (tertiary/aromatic N) is 2. The number of hydrogen-bond donors (Lipinski definition) is 0. The molecule has 1 unspecified atom stereocenters. The van der Waals surface area contributed by atoms with Crippen LogP contribution in [0, 0.1) is 0 Å². The number of morpholine rings is 1. The second kappa shape index (κ2) is 5.60. The van der Waals surface area contributed by atoms with Crippen LogP contribution in [0.25, 0.3) is 0 Å². The van der Waals surface area contributed by atoms with Crippen LogP contribution in [0.1, 0.15) is 41.6 Å². The van der Waals surface area contributed by atoms with Crippen molar-refractivity contribution in [1.82, 2.24) is 4.98 Å². The van der Waals surface area contributed by atoms with Gasteiger partial charge in [-0.3, -0.25) is 4.79 Å². The summed E-state index contributed by atoms with van der Waals surface area (Å²) >= 11 is 1.50. The normalized spacial score (nSPS) is 18.1. The molecule has 0 aromatic carbocycles. The summed E-state index contributed by atoms with van der Waals surface area (Å²) in [5.41, 5.74) is 0.953. The summed E-state index contributed by atoms with van der Waals surface area (Å²) in [7, 11) is 0. The Hall–Kier alpha value is -0.940. The van der Waals surface area contributed by atoms with Gasteiger partial charge in [0.15, 0.2) is 11.4 Å². The number of rotatable bonds is 4. The Balaban J connectivity index is 2.23. The van der Waals surface area contributed by atoms with Crippen molar-refractivity contribution in [2.24, 2.45) is 0 Å². The van der Waals surface area contributed by atoms with E-state index in [-0.39, 0.29) is 0 Å². The number of hydrogen-bond acceptors (Lipinski definition) is 5. The molecule has 1 aromatic rings. The van der Waals surface area contributed by atoms with Crippen molar-refractivity contribution in [3.8, 4) is 0 Å². The van der Waals surface area contributed by atoms with E-state index in [1.807, 2.05) is 0 Å². The molecule has 2 heterocycles. The fourth-order valence-electron chi connectivity index (χ4n) is 1.85. The Morgan fingerprint density at radius 3 is 2.82 bits per heavy atom. The average Bonchev–Trinajstić information content (AvgIpc) is 2.83. The van der Waals surface area contributed by atoms with Crippen molar-refractivity contribution in [2.75, 3.05) is 31.2 Å². The van der Waals surface area contributed by atoms with Crippen LogP contribution in [0.4, 0.5) is 5.13 Å². The molecule has 0 saturated carbocycles. The molecule has 1 aliphatic heterocycles. The summed E-state index contributed by atoms with van der Waals surface area (Å²) in [4.78, 5) is 18.7. The third-order valence-corrected chi connectivity index (χ3v) is 4.19. The minimum atomic E-state index is 0.348. The first kappa shape index (κ1) is 12.5. The zero-order valence-electron chi connectivity index (χ0n) is 10.3. The second-order valence-electron chi connectivity index (χ2n) is 4.27. The molecule has 1 aromatic heterocycles. The van der Waals surface area contributed by atoms with Crippen molar-refractivity contribution in [2.45, 2.75) is 26.2 Å². The van der Waals surface area contributed by atoms with Crippen molar-refractivity contribution in [3.05, 3.63) is 10.6 Å². The van der Waals surface area contributed by atoms with Gasteiger partial charge in [0.1, 0.15) is 0 Å². The van der Waals surface area contributed by atoms with E-state index in [2.05, 4.69) is 23.7 Å². The van der Waals surface area contributed by atoms with E-state index in [4.69, 9.17) is 4.74 Å². The van der Waals surface area contributed by atoms with Crippen LogP contribution in [0.2, 0.25) is 0 Å². The molecule has 0 N–H and O–H groups in total. The first-order valence-corrected chi connectivity index (χ1v) is 6.86. The van der Waals surface area contributed by atoms with Crippen LogP contribution in [0.5, 0.6) is 0 Å². The van der Waals surface area contributed by atoms with Crippen LogP contribution >= 0.6 is 11.3 Å². The maximum absolute atomic E-state index is 11.1. The Bertz CT molecular complexity index is 386. The largest absolute Gasteiger partial charge is 0.378 e. The molecule has 1 fully saturated rings. The van der Waals surface area contributed by atoms with E-state index < -0.39 is 0 Å². The lowest BCUT2D eigenvalue weighted by Crippen LogP contribution is -2.36. The standard InChI is InChI=1S/C12H18N2O2S/c1-3-9(2)11-10(8-15)17-12(13-11)14-4-6-16-7-5-14/h8-9H,3-7H2,1-2H3. The van der Waals surface area contributed by atoms with E-state index in [1.54, 1.807) is 0 Å². The summed E-state index contributed by atoms with van der Waals surface area (Å²) in [5.74, 6) is 0.348. The lowest BCUT2D eigenvalue weighted by Gasteiger charge is -2.26. The van der Waals surface area contributed by atoms with Crippen LogP contribution < -0.4 is 4.90 Å². The molecule has 2 rings (SSSR count). The maximum Gasteiger partial charge on any atom is 0.186 e. The lowest BCUT2D eigenvalue weighted by atomic mass is 10.0. The van der Waals surface area contributed by atoms with Crippen molar-refractivity contribution in [1.29, 1.82) is 0 Å². The molecular weight excluding hydrogens is 236 g/mol. The number of carbonyl (C=O) groups excluding carboxylic acids is 1. The van der Waals surface area contributed by atoms with E-state index in [0.717, 1.165) is 54.7 Å². The van der Waals surface area contributed by atoms with Gasteiger partial charge in [-0.25, -0.2) is 4.98 Å². The SMILES string of the molecule is CCC(C)c1nc(N2CCOCC2)sc1C=O. The number of carbonyl (C=O) groups is 1. The van der Waals surface area contributed by atoms with Gasteiger partial charge < -0.3 is 9.64 Å². The van der Waals surface area contributed by atoms with Crippen LogP contribution in [-0.4, -0.2) is 37.6 Å². The predicted molar refractivity (Wildman–Crippen MR) is 69.2 cm³/mol. The molecule has 0 radical (unpaired) electrons. The Kier molecular flexibility index (Phi) is 4.12. The van der Waals surface area contributed by atoms with Gasteiger partial charge in [0, 0.05) is 13.1 Å². The first-order valence-electron chi connectivity index (χ1n) is 6.04. The van der Waals surface area contributed by atoms with Gasteiger partial charge in [-0.15, -0.1) is 0 Å². The maximum atomic E-state index is 11.1. The van der Waals surface area contributed by atoms with Crippen LogP contribution in [0.3, 0.4) is 0 Å². The highest BCUT2D eigenvalue weighted by molar-refractivity contribution is 7.17. The Morgan fingerprint density at radius 1 is 1.53 bits per heavy atom. The summed E-state index contributed by atoms with van der Waals surface area (Å²) in [6, 6.07) is 0. The quantitative estimate of drug-likeness (QED) is 0.773. The second-order valence-corrected chi connectivity index (χ2v) is 5.28. The number of aromatic nitrogens is 1. The summed E-state index contributed by atoms with van der Waals surface area (Å²) in [6.07, 6.45) is 1.94.